The van der Waals surface area contributed by atoms with Gasteiger partial charge in [0, 0.05) is 11.8 Å². The van der Waals surface area contributed by atoms with Crippen LogP contribution >= 0.6 is 0 Å². The average Bonchev–Trinajstić information content (AvgIpc) is 3.00. The van der Waals surface area contributed by atoms with E-state index >= 15 is 0 Å². The second kappa shape index (κ2) is 4.91. The Morgan fingerprint density at radius 3 is 2.00 bits per heavy atom. The van der Waals surface area contributed by atoms with E-state index in [1.807, 2.05) is 30.3 Å². The Labute approximate surface area is 123 Å². The van der Waals surface area contributed by atoms with E-state index in [-0.39, 0.29) is 0 Å². The maximum absolute atomic E-state index is 4.73. The number of imidazole rings is 1. The minimum Gasteiger partial charge on any atom is -0.299 e. The molecule has 4 aromatic rings. The quantitative estimate of drug-likeness (QED) is 0.517. The van der Waals surface area contributed by atoms with E-state index in [1.54, 1.807) is 0 Å². The summed E-state index contributed by atoms with van der Waals surface area (Å²) >= 11 is 0. The van der Waals surface area contributed by atoms with Crippen molar-refractivity contribution in [3.63, 3.8) is 0 Å². The molecule has 0 spiro atoms. The molecule has 2 aromatic carbocycles. The largest absolute Gasteiger partial charge is 0.299 e. The van der Waals surface area contributed by atoms with Crippen LogP contribution in [0, 0.1) is 0 Å². The number of hydrogen-bond acceptors (Lipinski definition) is 1. The molecule has 0 saturated carbocycles. The zero-order chi connectivity index (χ0) is 14.1. The summed E-state index contributed by atoms with van der Waals surface area (Å²) in [5.41, 5.74) is 5.46. The molecule has 0 unspecified atom stereocenters. The molecule has 0 amide bonds. The standard InChI is InChI=1S/C19H14N2/c1-3-8-15(9-4-1)17-14-21-18(12-7-13-19(21)20-17)16-10-5-2-6-11-16/h1-14H. The van der Waals surface area contributed by atoms with Crippen LogP contribution in [0.1, 0.15) is 0 Å². The van der Waals surface area contributed by atoms with Gasteiger partial charge < -0.3 is 0 Å². The number of fused-ring (bicyclic) bond motifs is 1. The number of hydrogen-bond donors (Lipinski definition) is 0. The second-order valence-electron chi connectivity index (χ2n) is 5.00. The van der Waals surface area contributed by atoms with Crippen molar-refractivity contribution in [2.75, 3.05) is 0 Å². The third-order valence-electron chi connectivity index (χ3n) is 3.63. The van der Waals surface area contributed by atoms with Crippen LogP contribution < -0.4 is 0 Å². The van der Waals surface area contributed by atoms with E-state index in [0.717, 1.165) is 22.6 Å². The maximum Gasteiger partial charge on any atom is 0.137 e. The van der Waals surface area contributed by atoms with Crippen LogP contribution in [0.2, 0.25) is 0 Å². The summed E-state index contributed by atoms with van der Waals surface area (Å²) in [6.45, 7) is 0. The minimum absolute atomic E-state index is 0.968. The molecule has 0 saturated heterocycles. The molecule has 0 bridgehead atoms. The molecule has 0 fully saturated rings. The van der Waals surface area contributed by atoms with E-state index in [4.69, 9.17) is 4.98 Å². The number of nitrogens with zero attached hydrogens (tertiary/aromatic N) is 2. The summed E-state index contributed by atoms with van der Waals surface area (Å²) in [7, 11) is 0. The number of benzene rings is 2. The van der Waals surface area contributed by atoms with Crippen LogP contribution in [0.5, 0.6) is 0 Å². The molecule has 2 aromatic heterocycles. The summed E-state index contributed by atoms with van der Waals surface area (Å²) < 4.78 is 2.15. The van der Waals surface area contributed by atoms with Gasteiger partial charge in [-0.25, -0.2) is 4.98 Å². The minimum atomic E-state index is 0.968. The van der Waals surface area contributed by atoms with Crippen LogP contribution in [0.3, 0.4) is 0 Å². The van der Waals surface area contributed by atoms with Gasteiger partial charge in [0.05, 0.1) is 11.4 Å². The fourth-order valence-electron chi connectivity index (χ4n) is 2.60. The van der Waals surface area contributed by atoms with Crippen molar-refractivity contribution >= 4 is 5.65 Å². The Kier molecular flexibility index (Phi) is 2.79. The molecule has 0 atom stereocenters. The maximum atomic E-state index is 4.73. The van der Waals surface area contributed by atoms with Gasteiger partial charge in [0.1, 0.15) is 5.65 Å². The first-order chi connectivity index (χ1) is 10.4. The summed E-state index contributed by atoms with van der Waals surface area (Å²) in [5, 5.41) is 0. The molecule has 0 aliphatic carbocycles. The van der Waals surface area contributed by atoms with Crippen molar-refractivity contribution in [3.05, 3.63) is 85.1 Å². The molecular formula is C19H14N2. The van der Waals surface area contributed by atoms with E-state index in [2.05, 4.69) is 59.1 Å². The Morgan fingerprint density at radius 1 is 0.619 bits per heavy atom. The highest BCUT2D eigenvalue weighted by atomic mass is 15.0. The first kappa shape index (κ1) is 11.9. The van der Waals surface area contributed by atoms with Gasteiger partial charge in [-0.2, -0.15) is 0 Å². The summed E-state index contributed by atoms with van der Waals surface area (Å²) in [4.78, 5) is 4.73. The van der Waals surface area contributed by atoms with Gasteiger partial charge in [-0.05, 0) is 17.7 Å². The van der Waals surface area contributed by atoms with Gasteiger partial charge in [-0.15, -0.1) is 0 Å². The molecular weight excluding hydrogens is 256 g/mol. The highest BCUT2D eigenvalue weighted by molar-refractivity contribution is 5.68. The number of rotatable bonds is 2. The first-order valence-corrected chi connectivity index (χ1v) is 7.01. The van der Waals surface area contributed by atoms with Crippen molar-refractivity contribution < 1.29 is 0 Å². The van der Waals surface area contributed by atoms with Crippen molar-refractivity contribution in [2.24, 2.45) is 0 Å². The van der Waals surface area contributed by atoms with Crippen molar-refractivity contribution in [2.45, 2.75) is 0 Å². The van der Waals surface area contributed by atoms with Gasteiger partial charge in [-0.1, -0.05) is 66.7 Å². The Hall–Kier alpha value is -2.87. The molecule has 2 nitrogen and oxygen atoms in total. The lowest BCUT2D eigenvalue weighted by Gasteiger charge is -2.04. The SMILES string of the molecule is c1ccc(-c2cn3c(-c4ccccc4)cccc3n2)cc1. The Bertz CT molecular complexity index is 877. The van der Waals surface area contributed by atoms with Gasteiger partial charge in [-0.3, -0.25) is 4.40 Å². The molecule has 0 aliphatic heterocycles. The third-order valence-corrected chi connectivity index (χ3v) is 3.63. The fraction of sp³-hybridized carbons (Fsp3) is 0. The Balaban J connectivity index is 1.93. The van der Waals surface area contributed by atoms with E-state index in [0.29, 0.717) is 0 Å². The lowest BCUT2D eigenvalue weighted by atomic mass is 10.1. The van der Waals surface area contributed by atoms with Gasteiger partial charge >= 0.3 is 0 Å². The smallest absolute Gasteiger partial charge is 0.137 e. The zero-order valence-corrected chi connectivity index (χ0v) is 11.5. The molecule has 0 N–H and O–H groups in total. The van der Waals surface area contributed by atoms with Crippen LogP contribution in [-0.4, -0.2) is 9.38 Å². The predicted octanol–water partition coefficient (Wildman–Crippen LogP) is 4.67. The molecule has 0 aliphatic rings. The molecule has 21 heavy (non-hydrogen) atoms. The van der Waals surface area contributed by atoms with Crippen LogP contribution in [0.15, 0.2) is 85.1 Å². The predicted molar refractivity (Wildman–Crippen MR) is 86.1 cm³/mol. The van der Waals surface area contributed by atoms with Gasteiger partial charge in [0.25, 0.3) is 0 Å². The lowest BCUT2D eigenvalue weighted by molar-refractivity contribution is 1.19. The molecule has 2 heterocycles. The van der Waals surface area contributed by atoms with Gasteiger partial charge in [0.15, 0.2) is 0 Å². The second-order valence-corrected chi connectivity index (χ2v) is 5.00. The topological polar surface area (TPSA) is 17.3 Å². The normalized spacial score (nSPS) is 10.9. The van der Waals surface area contributed by atoms with Crippen molar-refractivity contribution in [1.29, 1.82) is 0 Å². The molecule has 2 heteroatoms. The molecule has 100 valence electrons. The van der Waals surface area contributed by atoms with Crippen LogP contribution in [0.4, 0.5) is 0 Å². The Morgan fingerprint density at radius 2 is 1.29 bits per heavy atom. The third kappa shape index (κ3) is 2.11. The molecule has 4 rings (SSSR count). The lowest BCUT2D eigenvalue weighted by Crippen LogP contribution is -1.89. The summed E-state index contributed by atoms with van der Waals surface area (Å²) in [6, 6.07) is 26.9. The highest BCUT2D eigenvalue weighted by Gasteiger charge is 2.07. The number of aromatic nitrogens is 2. The molecule has 0 radical (unpaired) electrons. The summed E-state index contributed by atoms with van der Waals surface area (Å²) in [5.74, 6) is 0. The number of pyridine rings is 1. The van der Waals surface area contributed by atoms with E-state index in [9.17, 15) is 0 Å². The highest BCUT2D eigenvalue weighted by Crippen LogP contribution is 2.24. The first-order valence-electron chi connectivity index (χ1n) is 7.01. The van der Waals surface area contributed by atoms with Crippen LogP contribution in [0.25, 0.3) is 28.2 Å². The fourth-order valence-corrected chi connectivity index (χ4v) is 2.60. The average molecular weight is 270 g/mol. The summed E-state index contributed by atoms with van der Waals surface area (Å²) in [6.07, 6.45) is 2.10. The van der Waals surface area contributed by atoms with E-state index < -0.39 is 0 Å². The van der Waals surface area contributed by atoms with Crippen LogP contribution in [-0.2, 0) is 0 Å². The van der Waals surface area contributed by atoms with Crippen molar-refractivity contribution in [1.82, 2.24) is 9.38 Å². The zero-order valence-electron chi connectivity index (χ0n) is 11.5. The van der Waals surface area contributed by atoms with Crippen molar-refractivity contribution in [3.8, 4) is 22.5 Å². The van der Waals surface area contributed by atoms with E-state index in [1.165, 1.54) is 5.56 Å². The van der Waals surface area contributed by atoms with Gasteiger partial charge in [0.2, 0.25) is 0 Å². The monoisotopic (exact) mass is 270 g/mol.